The molecule has 1 unspecified atom stereocenters. The van der Waals surface area contributed by atoms with E-state index in [0.717, 1.165) is 5.56 Å². The number of benzene rings is 2. The van der Waals surface area contributed by atoms with Gasteiger partial charge in [-0.3, -0.25) is 4.79 Å². The Morgan fingerprint density at radius 2 is 1.84 bits per heavy atom. The van der Waals surface area contributed by atoms with Crippen LogP contribution in [0, 0.1) is 18.3 Å². The molecule has 0 aromatic heterocycles. The first-order valence-electron chi connectivity index (χ1n) is 5.89. The highest BCUT2D eigenvalue weighted by atomic mass is 35.5. The number of hydrogen-bond donors (Lipinski definition) is 0. The summed E-state index contributed by atoms with van der Waals surface area (Å²) in [5.74, 6) is -1.08. The molecule has 2 nitrogen and oxygen atoms in total. The molecule has 0 heterocycles. The maximum absolute atomic E-state index is 12.4. The van der Waals surface area contributed by atoms with E-state index in [1.807, 2.05) is 31.2 Å². The van der Waals surface area contributed by atoms with Gasteiger partial charge in [0.05, 0.1) is 11.1 Å². The van der Waals surface area contributed by atoms with Gasteiger partial charge in [0.2, 0.25) is 0 Å². The van der Waals surface area contributed by atoms with Crippen molar-refractivity contribution in [3.63, 3.8) is 0 Å². The number of Topliss-reactive ketones (excluding diaryl/α,β-unsaturated/α-hetero) is 1. The molecular formula is C16H12ClNO. The fraction of sp³-hybridized carbons (Fsp3) is 0.125. The van der Waals surface area contributed by atoms with Crippen LogP contribution < -0.4 is 0 Å². The summed E-state index contributed by atoms with van der Waals surface area (Å²) < 4.78 is 0. The van der Waals surface area contributed by atoms with Crippen LogP contribution in [0.15, 0.2) is 48.5 Å². The Bertz CT molecular complexity index is 644. The lowest BCUT2D eigenvalue weighted by atomic mass is 9.91. The molecule has 2 aromatic rings. The Kier molecular flexibility index (Phi) is 3.99. The first kappa shape index (κ1) is 13.3. The molecule has 3 heteroatoms. The van der Waals surface area contributed by atoms with Crippen molar-refractivity contribution in [1.29, 1.82) is 5.26 Å². The molecule has 19 heavy (non-hydrogen) atoms. The van der Waals surface area contributed by atoms with Crippen LogP contribution in [0.3, 0.4) is 0 Å². The Morgan fingerprint density at radius 1 is 1.16 bits per heavy atom. The second kappa shape index (κ2) is 5.69. The molecule has 0 fully saturated rings. The minimum Gasteiger partial charge on any atom is -0.292 e. The Hall–Kier alpha value is -2.11. The highest BCUT2D eigenvalue weighted by molar-refractivity contribution is 6.35. The molecule has 0 amide bonds. The molecule has 0 N–H and O–H groups in total. The van der Waals surface area contributed by atoms with E-state index in [-0.39, 0.29) is 5.78 Å². The third-order valence-corrected chi connectivity index (χ3v) is 3.48. The number of ketones is 1. The van der Waals surface area contributed by atoms with Crippen LogP contribution >= 0.6 is 11.6 Å². The predicted molar refractivity (Wildman–Crippen MR) is 75.3 cm³/mol. The molecule has 1 atom stereocenters. The molecule has 0 saturated heterocycles. The number of aryl methyl sites for hydroxylation is 1. The number of nitrogens with zero attached hydrogens (tertiary/aromatic N) is 1. The number of hydrogen-bond acceptors (Lipinski definition) is 2. The monoisotopic (exact) mass is 269 g/mol. The first-order chi connectivity index (χ1) is 9.15. The van der Waals surface area contributed by atoms with Crippen molar-refractivity contribution in [1.82, 2.24) is 0 Å². The Balaban J connectivity index is 2.43. The van der Waals surface area contributed by atoms with Crippen molar-refractivity contribution in [2.45, 2.75) is 12.8 Å². The normalized spacial score (nSPS) is 11.6. The van der Waals surface area contributed by atoms with E-state index in [0.29, 0.717) is 16.1 Å². The maximum atomic E-state index is 12.4. The standard InChI is InChI=1S/C16H12ClNO/c1-11-6-5-9-13(15(11)17)16(19)14(10-18)12-7-3-2-4-8-12/h2-9,14H,1H3. The van der Waals surface area contributed by atoms with Gasteiger partial charge < -0.3 is 0 Å². The van der Waals surface area contributed by atoms with Crippen LogP contribution in [0.25, 0.3) is 0 Å². The average Bonchev–Trinajstić information content (AvgIpc) is 2.44. The van der Waals surface area contributed by atoms with Crippen molar-refractivity contribution in [3.05, 3.63) is 70.2 Å². The molecule has 0 saturated carbocycles. The van der Waals surface area contributed by atoms with Gasteiger partial charge in [-0.1, -0.05) is 54.1 Å². The first-order valence-corrected chi connectivity index (χ1v) is 6.27. The molecule has 0 bridgehead atoms. The van der Waals surface area contributed by atoms with Gasteiger partial charge in [-0.2, -0.15) is 5.26 Å². The summed E-state index contributed by atoms with van der Waals surface area (Å²) in [4.78, 5) is 12.4. The molecule has 0 aliphatic carbocycles. The summed E-state index contributed by atoms with van der Waals surface area (Å²) in [6.45, 7) is 1.84. The quantitative estimate of drug-likeness (QED) is 0.786. The van der Waals surface area contributed by atoms with Gasteiger partial charge in [0, 0.05) is 5.56 Å². The number of nitriles is 1. The van der Waals surface area contributed by atoms with Crippen LogP contribution in [-0.4, -0.2) is 5.78 Å². The van der Waals surface area contributed by atoms with E-state index in [2.05, 4.69) is 6.07 Å². The van der Waals surface area contributed by atoms with Crippen LogP contribution in [0.4, 0.5) is 0 Å². The number of halogens is 1. The van der Waals surface area contributed by atoms with E-state index in [1.54, 1.807) is 24.3 Å². The van der Waals surface area contributed by atoms with Crippen molar-refractivity contribution in [3.8, 4) is 6.07 Å². The summed E-state index contributed by atoms with van der Waals surface area (Å²) in [5.41, 5.74) is 1.92. The molecule has 0 radical (unpaired) electrons. The van der Waals surface area contributed by atoms with Gasteiger partial charge in [-0.15, -0.1) is 0 Å². The average molecular weight is 270 g/mol. The molecule has 0 aliphatic rings. The van der Waals surface area contributed by atoms with Gasteiger partial charge >= 0.3 is 0 Å². The molecule has 94 valence electrons. The molecule has 0 spiro atoms. The van der Waals surface area contributed by atoms with Crippen molar-refractivity contribution in [2.75, 3.05) is 0 Å². The van der Waals surface area contributed by atoms with Crippen LogP contribution in [0.5, 0.6) is 0 Å². The fourth-order valence-electron chi connectivity index (χ4n) is 1.92. The van der Waals surface area contributed by atoms with Gasteiger partial charge in [-0.25, -0.2) is 0 Å². The van der Waals surface area contributed by atoms with E-state index < -0.39 is 5.92 Å². The zero-order valence-electron chi connectivity index (χ0n) is 10.4. The molecule has 2 rings (SSSR count). The van der Waals surface area contributed by atoms with E-state index in [4.69, 9.17) is 11.6 Å². The highest BCUT2D eigenvalue weighted by Crippen LogP contribution is 2.27. The van der Waals surface area contributed by atoms with Gasteiger partial charge in [0.25, 0.3) is 0 Å². The Labute approximate surface area is 117 Å². The zero-order chi connectivity index (χ0) is 13.8. The van der Waals surface area contributed by atoms with Gasteiger partial charge in [0.15, 0.2) is 5.78 Å². The summed E-state index contributed by atoms with van der Waals surface area (Å²) in [6, 6.07) is 16.3. The summed E-state index contributed by atoms with van der Waals surface area (Å²) >= 11 is 6.15. The zero-order valence-corrected chi connectivity index (χ0v) is 11.2. The minimum atomic E-state index is -0.819. The number of carbonyl (C=O) groups excluding carboxylic acids is 1. The summed E-state index contributed by atoms with van der Waals surface area (Å²) in [6.07, 6.45) is 0. The lowest BCUT2D eigenvalue weighted by molar-refractivity contribution is 0.0979. The third kappa shape index (κ3) is 2.67. The third-order valence-electron chi connectivity index (χ3n) is 2.98. The largest absolute Gasteiger partial charge is 0.292 e. The molecular weight excluding hydrogens is 258 g/mol. The SMILES string of the molecule is Cc1cccc(C(=O)C(C#N)c2ccccc2)c1Cl. The predicted octanol–water partition coefficient (Wildman–Crippen LogP) is 4.14. The van der Waals surface area contributed by atoms with E-state index in [9.17, 15) is 10.1 Å². The fourth-order valence-corrected chi connectivity index (χ4v) is 2.14. The van der Waals surface area contributed by atoms with Crippen LogP contribution in [0.2, 0.25) is 5.02 Å². The van der Waals surface area contributed by atoms with Crippen molar-refractivity contribution >= 4 is 17.4 Å². The van der Waals surface area contributed by atoms with Crippen LogP contribution in [-0.2, 0) is 0 Å². The lowest BCUT2D eigenvalue weighted by Gasteiger charge is -2.11. The molecule has 0 aliphatic heterocycles. The second-order valence-electron chi connectivity index (χ2n) is 4.27. The topological polar surface area (TPSA) is 40.9 Å². The van der Waals surface area contributed by atoms with Crippen LogP contribution in [0.1, 0.15) is 27.4 Å². The molecule has 2 aromatic carbocycles. The van der Waals surface area contributed by atoms with E-state index in [1.165, 1.54) is 0 Å². The highest BCUT2D eigenvalue weighted by Gasteiger charge is 2.23. The second-order valence-corrected chi connectivity index (χ2v) is 4.65. The minimum absolute atomic E-state index is 0.262. The lowest BCUT2D eigenvalue weighted by Crippen LogP contribution is -2.12. The summed E-state index contributed by atoms with van der Waals surface area (Å²) in [7, 11) is 0. The number of rotatable bonds is 3. The smallest absolute Gasteiger partial charge is 0.185 e. The summed E-state index contributed by atoms with van der Waals surface area (Å²) in [5, 5.41) is 9.68. The number of carbonyl (C=O) groups is 1. The van der Waals surface area contributed by atoms with Gasteiger partial charge in [0.1, 0.15) is 5.92 Å². The van der Waals surface area contributed by atoms with Crippen molar-refractivity contribution < 1.29 is 4.79 Å². The van der Waals surface area contributed by atoms with Gasteiger partial charge in [-0.05, 0) is 24.1 Å². The van der Waals surface area contributed by atoms with E-state index >= 15 is 0 Å². The van der Waals surface area contributed by atoms with Crippen molar-refractivity contribution in [2.24, 2.45) is 0 Å². The maximum Gasteiger partial charge on any atom is 0.185 e. The Morgan fingerprint density at radius 3 is 2.47 bits per heavy atom.